The molecule has 2 amide bonds. The van der Waals surface area contributed by atoms with Crippen molar-refractivity contribution in [2.24, 2.45) is 5.92 Å². The van der Waals surface area contributed by atoms with E-state index in [1.165, 1.54) is 0 Å². The number of hydrogen-bond acceptors (Lipinski definition) is 4. The molecular formula is C27H31ClN4O3. The molecule has 184 valence electrons. The largest absolute Gasteiger partial charge is 0.508 e. The Labute approximate surface area is 210 Å². The van der Waals surface area contributed by atoms with Crippen LogP contribution in [0.15, 0.2) is 42.5 Å². The predicted molar refractivity (Wildman–Crippen MR) is 137 cm³/mol. The molecule has 0 unspecified atom stereocenters. The van der Waals surface area contributed by atoms with E-state index in [2.05, 4.69) is 24.1 Å². The summed E-state index contributed by atoms with van der Waals surface area (Å²) >= 11 is 6.34. The van der Waals surface area contributed by atoms with Crippen LogP contribution in [-0.2, 0) is 16.0 Å². The summed E-state index contributed by atoms with van der Waals surface area (Å²) in [6.45, 7) is 8.14. The first-order valence-corrected chi connectivity index (χ1v) is 12.5. The van der Waals surface area contributed by atoms with Gasteiger partial charge in [-0.05, 0) is 60.8 Å². The number of halogens is 1. The minimum atomic E-state index is -1.06. The minimum absolute atomic E-state index is 0.0362. The van der Waals surface area contributed by atoms with Crippen LogP contribution in [0.5, 0.6) is 5.75 Å². The summed E-state index contributed by atoms with van der Waals surface area (Å²) in [6.07, 6.45) is 0.387. The number of benzene rings is 2. The van der Waals surface area contributed by atoms with Gasteiger partial charge in [0.25, 0.3) is 0 Å². The summed E-state index contributed by atoms with van der Waals surface area (Å²) < 4.78 is 0. The fourth-order valence-corrected chi connectivity index (χ4v) is 5.73. The topological polar surface area (TPSA) is 88.7 Å². The molecule has 35 heavy (non-hydrogen) atoms. The molecule has 0 aliphatic carbocycles. The van der Waals surface area contributed by atoms with Gasteiger partial charge in [-0.1, -0.05) is 37.6 Å². The summed E-state index contributed by atoms with van der Waals surface area (Å²) in [5.41, 5.74) is 2.44. The Morgan fingerprint density at radius 1 is 1.23 bits per heavy atom. The third-order valence-electron chi connectivity index (χ3n) is 7.13. The number of nitrogens with one attached hydrogen (secondary N) is 2. The second-order valence-electron chi connectivity index (χ2n) is 10.2. The number of carbonyl (C=O) groups is 2. The Hall–Kier alpha value is -3.03. The first-order valence-electron chi connectivity index (χ1n) is 12.1. The van der Waals surface area contributed by atoms with Gasteiger partial charge in [-0.2, -0.15) is 0 Å². The van der Waals surface area contributed by atoms with Gasteiger partial charge in [-0.3, -0.25) is 9.59 Å². The van der Waals surface area contributed by atoms with Gasteiger partial charge in [0.05, 0.1) is 12.6 Å². The highest BCUT2D eigenvalue weighted by Crippen LogP contribution is 2.47. The van der Waals surface area contributed by atoms with E-state index >= 15 is 0 Å². The van der Waals surface area contributed by atoms with Crippen LogP contribution in [0.25, 0.3) is 10.9 Å². The Kier molecular flexibility index (Phi) is 6.01. The van der Waals surface area contributed by atoms with Gasteiger partial charge in [0.15, 0.2) is 0 Å². The number of nitrogens with zero attached hydrogens (tertiary/aromatic N) is 2. The van der Waals surface area contributed by atoms with Gasteiger partial charge in [0, 0.05) is 41.1 Å². The van der Waals surface area contributed by atoms with E-state index in [9.17, 15) is 14.7 Å². The number of aromatic nitrogens is 1. The Morgan fingerprint density at radius 3 is 2.77 bits per heavy atom. The van der Waals surface area contributed by atoms with Crippen molar-refractivity contribution in [2.45, 2.75) is 38.8 Å². The van der Waals surface area contributed by atoms with Crippen molar-refractivity contribution in [2.75, 3.05) is 26.2 Å². The molecule has 3 N–H and O–H groups in total. The van der Waals surface area contributed by atoms with Crippen molar-refractivity contribution in [1.29, 1.82) is 0 Å². The van der Waals surface area contributed by atoms with Gasteiger partial charge >= 0.3 is 0 Å². The third-order valence-corrected chi connectivity index (χ3v) is 7.36. The molecule has 2 aromatic carbocycles. The number of fused-ring (bicyclic) bond motifs is 4. The molecule has 0 spiro atoms. The molecular weight excluding hydrogens is 464 g/mol. The van der Waals surface area contributed by atoms with Crippen LogP contribution in [0, 0.1) is 5.92 Å². The van der Waals surface area contributed by atoms with Crippen LogP contribution in [0.4, 0.5) is 0 Å². The van der Waals surface area contributed by atoms with E-state index in [-0.39, 0.29) is 24.1 Å². The maximum Gasteiger partial charge on any atom is 0.249 e. The van der Waals surface area contributed by atoms with Crippen molar-refractivity contribution >= 4 is 34.3 Å². The number of carbonyl (C=O) groups excluding carboxylic acids is 2. The summed E-state index contributed by atoms with van der Waals surface area (Å²) in [5.74, 6) is 0.460. The van der Waals surface area contributed by atoms with Gasteiger partial charge < -0.3 is 25.2 Å². The molecule has 3 heterocycles. The number of piperazine rings is 1. The van der Waals surface area contributed by atoms with Crippen molar-refractivity contribution < 1.29 is 14.7 Å². The van der Waals surface area contributed by atoms with Crippen LogP contribution in [0.1, 0.15) is 43.6 Å². The number of aromatic amines is 1. The zero-order chi connectivity index (χ0) is 24.9. The molecule has 0 radical (unpaired) electrons. The molecule has 0 bridgehead atoms. The lowest BCUT2D eigenvalue weighted by atomic mass is 9.78. The van der Waals surface area contributed by atoms with Crippen LogP contribution < -0.4 is 5.32 Å². The van der Waals surface area contributed by atoms with Crippen LogP contribution in [0.3, 0.4) is 0 Å². The molecule has 0 saturated carbocycles. The van der Waals surface area contributed by atoms with E-state index in [4.69, 9.17) is 11.6 Å². The quantitative estimate of drug-likeness (QED) is 0.454. The summed E-state index contributed by atoms with van der Waals surface area (Å²) in [5, 5.41) is 15.2. The first-order chi connectivity index (χ1) is 16.7. The number of phenolic OH excluding ortho intramolecular Hbond substituents is 1. The van der Waals surface area contributed by atoms with Gasteiger partial charge in [-0.25, -0.2) is 0 Å². The first kappa shape index (κ1) is 23.7. The molecule has 1 saturated heterocycles. The molecule has 2 atom stereocenters. The van der Waals surface area contributed by atoms with Crippen molar-refractivity contribution in [1.82, 2.24) is 20.1 Å². The van der Waals surface area contributed by atoms with E-state index in [0.29, 0.717) is 30.5 Å². The minimum Gasteiger partial charge on any atom is -0.508 e. The Balaban J connectivity index is 1.60. The fourth-order valence-electron chi connectivity index (χ4n) is 5.55. The highest BCUT2D eigenvalue weighted by molar-refractivity contribution is 6.31. The second kappa shape index (κ2) is 8.88. The number of amides is 2. The molecule has 1 fully saturated rings. The maximum absolute atomic E-state index is 14.0. The highest BCUT2D eigenvalue weighted by Gasteiger charge is 2.55. The van der Waals surface area contributed by atoms with Gasteiger partial charge in [0.1, 0.15) is 11.3 Å². The van der Waals surface area contributed by atoms with E-state index in [1.807, 2.05) is 31.2 Å². The Morgan fingerprint density at radius 2 is 2.03 bits per heavy atom. The highest BCUT2D eigenvalue weighted by atomic mass is 35.5. The molecule has 5 rings (SSSR count). The van der Waals surface area contributed by atoms with Gasteiger partial charge in [0.2, 0.25) is 11.8 Å². The SMILES string of the molecule is CC(C)CNCCN1CC(=O)N2[C@H](c3cccc(O)c3)c3[nH]c4ccc(Cl)cc4c3C[C@@]2(C)C1=O. The molecule has 3 aromatic rings. The van der Waals surface area contributed by atoms with Crippen molar-refractivity contribution in [3.05, 3.63) is 64.3 Å². The number of phenols is 1. The fraction of sp³-hybridized carbons (Fsp3) is 0.407. The van der Waals surface area contributed by atoms with E-state index < -0.39 is 11.6 Å². The number of hydrogen-bond donors (Lipinski definition) is 3. The number of aromatic hydroxyl groups is 1. The molecule has 2 aliphatic heterocycles. The van der Waals surface area contributed by atoms with Crippen LogP contribution in [0.2, 0.25) is 5.02 Å². The smallest absolute Gasteiger partial charge is 0.249 e. The molecule has 1 aromatic heterocycles. The molecule has 7 nitrogen and oxygen atoms in total. The average Bonchev–Trinajstić information content (AvgIpc) is 3.15. The molecule has 2 aliphatic rings. The number of rotatable bonds is 6. The van der Waals surface area contributed by atoms with Gasteiger partial charge in [-0.15, -0.1) is 0 Å². The summed E-state index contributed by atoms with van der Waals surface area (Å²) in [4.78, 5) is 34.5. The summed E-state index contributed by atoms with van der Waals surface area (Å²) in [6, 6.07) is 12.1. The van der Waals surface area contributed by atoms with E-state index in [1.54, 1.807) is 28.0 Å². The van der Waals surface area contributed by atoms with Crippen molar-refractivity contribution in [3.63, 3.8) is 0 Å². The second-order valence-corrected chi connectivity index (χ2v) is 10.7. The zero-order valence-electron chi connectivity index (χ0n) is 20.3. The zero-order valence-corrected chi connectivity index (χ0v) is 21.0. The van der Waals surface area contributed by atoms with Crippen molar-refractivity contribution in [3.8, 4) is 5.75 Å². The normalized spacial score (nSPS) is 22.1. The standard InChI is InChI=1S/C27H31ClN4O3/c1-16(2)14-29-9-10-31-15-23(34)32-25(17-5-4-6-19(33)11-17)24-21(13-27(32,3)26(31)35)20-12-18(28)7-8-22(20)30-24/h4-8,11-12,16,25,29-30,33H,9-10,13-15H2,1-3H3/t25-,27+/m1/s1. The lowest BCUT2D eigenvalue weighted by Crippen LogP contribution is -2.70. The lowest BCUT2D eigenvalue weighted by molar-refractivity contribution is -0.167. The lowest BCUT2D eigenvalue weighted by Gasteiger charge is -2.53. The monoisotopic (exact) mass is 494 g/mol. The summed E-state index contributed by atoms with van der Waals surface area (Å²) in [7, 11) is 0. The maximum atomic E-state index is 14.0. The Bertz CT molecular complexity index is 1300. The molecule has 8 heteroatoms. The predicted octanol–water partition coefficient (Wildman–Crippen LogP) is 3.85. The van der Waals surface area contributed by atoms with Crippen LogP contribution >= 0.6 is 11.6 Å². The third kappa shape index (κ3) is 4.06. The average molecular weight is 495 g/mol. The van der Waals surface area contributed by atoms with Crippen LogP contribution in [-0.4, -0.2) is 63.4 Å². The number of H-pyrrole nitrogens is 1. The van der Waals surface area contributed by atoms with E-state index in [0.717, 1.165) is 34.3 Å².